The molecule has 0 aliphatic carbocycles. The second-order valence-corrected chi connectivity index (χ2v) is 5.63. The monoisotopic (exact) mass is 183 g/mol. The van der Waals surface area contributed by atoms with E-state index in [0.29, 0.717) is 5.41 Å². The maximum absolute atomic E-state index is 3.71. The Morgan fingerprint density at radius 1 is 1.15 bits per heavy atom. The van der Waals surface area contributed by atoms with Gasteiger partial charge in [0.05, 0.1) is 0 Å². The molecule has 78 valence electrons. The molecule has 0 heterocycles. The zero-order chi connectivity index (χ0) is 10.5. The minimum atomic E-state index is 0.237. The van der Waals surface area contributed by atoms with Gasteiger partial charge in [-0.05, 0) is 38.6 Å². The summed E-state index contributed by atoms with van der Waals surface area (Å²) in [5, 5.41) is 3.55. The highest BCUT2D eigenvalue weighted by molar-refractivity contribution is 4.84. The molecule has 0 spiro atoms. The average Bonchev–Trinajstić information content (AvgIpc) is 1.81. The molecule has 0 amide bonds. The van der Waals surface area contributed by atoms with Crippen molar-refractivity contribution in [3.63, 3.8) is 0 Å². The van der Waals surface area contributed by atoms with Crippen LogP contribution >= 0.6 is 0 Å². The third-order valence-electron chi connectivity index (χ3n) is 1.92. The normalized spacial score (nSPS) is 13.0. The van der Waals surface area contributed by atoms with Gasteiger partial charge < -0.3 is 5.32 Å². The molecular weight excluding hydrogens is 158 g/mol. The van der Waals surface area contributed by atoms with Gasteiger partial charge in [0.2, 0.25) is 0 Å². The Morgan fingerprint density at radius 3 is 2.08 bits per heavy atom. The van der Waals surface area contributed by atoms with E-state index >= 15 is 0 Å². The molecule has 0 aromatic carbocycles. The number of rotatable bonds is 5. The van der Waals surface area contributed by atoms with Gasteiger partial charge in [-0.2, -0.15) is 0 Å². The molecular formula is C12H25N. The van der Waals surface area contributed by atoms with Crippen LogP contribution in [0.15, 0.2) is 12.7 Å². The van der Waals surface area contributed by atoms with Crippen LogP contribution in [0.3, 0.4) is 0 Å². The molecule has 1 N–H and O–H groups in total. The van der Waals surface area contributed by atoms with Crippen LogP contribution in [0.4, 0.5) is 0 Å². The lowest BCUT2D eigenvalue weighted by Crippen LogP contribution is -2.42. The first-order chi connectivity index (χ1) is 5.77. The van der Waals surface area contributed by atoms with E-state index in [9.17, 15) is 0 Å². The standard InChI is InChI=1S/C12H25N/c1-7-8-9-13-12(5,6)10-11(2,3)4/h7,13H,1,8-10H2,2-6H3. The van der Waals surface area contributed by atoms with Crippen molar-refractivity contribution < 1.29 is 0 Å². The van der Waals surface area contributed by atoms with Crippen LogP contribution in [0.25, 0.3) is 0 Å². The van der Waals surface area contributed by atoms with Crippen molar-refractivity contribution in [2.24, 2.45) is 5.41 Å². The molecule has 1 heteroatoms. The molecule has 0 saturated heterocycles. The topological polar surface area (TPSA) is 12.0 Å². The van der Waals surface area contributed by atoms with Gasteiger partial charge in [-0.15, -0.1) is 6.58 Å². The molecule has 0 fully saturated rings. The Morgan fingerprint density at radius 2 is 1.69 bits per heavy atom. The lowest BCUT2D eigenvalue weighted by molar-refractivity contribution is 0.244. The van der Waals surface area contributed by atoms with Crippen LogP contribution in [0.5, 0.6) is 0 Å². The first kappa shape index (κ1) is 12.7. The van der Waals surface area contributed by atoms with Crippen molar-refractivity contribution in [2.75, 3.05) is 6.54 Å². The summed E-state index contributed by atoms with van der Waals surface area (Å²) in [7, 11) is 0. The number of nitrogens with one attached hydrogen (secondary N) is 1. The SMILES string of the molecule is C=CCCNC(C)(C)CC(C)(C)C. The van der Waals surface area contributed by atoms with Crippen molar-refractivity contribution in [2.45, 2.75) is 53.0 Å². The summed E-state index contributed by atoms with van der Waals surface area (Å²) in [5.41, 5.74) is 0.631. The molecule has 0 atom stereocenters. The van der Waals surface area contributed by atoms with Gasteiger partial charge in [0.25, 0.3) is 0 Å². The number of hydrogen-bond acceptors (Lipinski definition) is 1. The van der Waals surface area contributed by atoms with E-state index in [1.54, 1.807) is 0 Å². The lowest BCUT2D eigenvalue weighted by atomic mass is 9.82. The first-order valence-corrected chi connectivity index (χ1v) is 5.13. The van der Waals surface area contributed by atoms with Crippen LogP contribution in [-0.4, -0.2) is 12.1 Å². The van der Waals surface area contributed by atoms with E-state index in [1.165, 1.54) is 6.42 Å². The summed E-state index contributed by atoms with van der Waals surface area (Å²) in [6.07, 6.45) is 4.20. The van der Waals surface area contributed by atoms with Crippen LogP contribution in [0, 0.1) is 5.41 Å². The zero-order valence-electron chi connectivity index (χ0n) is 9.91. The largest absolute Gasteiger partial charge is 0.311 e. The van der Waals surface area contributed by atoms with Crippen molar-refractivity contribution in [3.05, 3.63) is 12.7 Å². The average molecular weight is 183 g/mol. The van der Waals surface area contributed by atoms with Crippen LogP contribution < -0.4 is 5.32 Å². The highest BCUT2D eigenvalue weighted by Crippen LogP contribution is 2.26. The van der Waals surface area contributed by atoms with Gasteiger partial charge in [-0.3, -0.25) is 0 Å². The molecule has 0 aliphatic heterocycles. The minimum absolute atomic E-state index is 0.237. The Kier molecular flexibility index (Phi) is 4.69. The van der Waals surface area contributed by atoms with E-state index in [1.807, 2.05) is 6.08 Å². The summed E-state index contributed by atoms with van der Waals surface area (Å²) in [6.45, 7) is 16.1. The molecule has 0 aliphatic rings. The summed E-state index contributed by atoms with van der Waals surface area (Å²) in [6, 6.07) is 0. The first-order valence-electron chi connectivity index (χ1n) is 5.13. The Bertz CT molecular complexity index is 151. The highest BCUT2D eigenvalue weighted by Gasteiger charge is 2.24. The van der Waals surface area contributed by atoms with Gasteiger partial charge in [0.1, 0.15) is 0 Å². The molecule has 13 heavy (non-hydrogen) atoms. The maximum Gasteiger partial charge on any atom is 0.0130 e. The van der Waals surface area contributed by atoms with Gasteiger partial charge in [0.15, 0.2) is 0 Å². The zero-order valence-corrected chi connectivity index (χ0v) is 9.91. The molecule has 0 unspecified atom stereocenters. The summed E-state index contributed by atoms with van der Waals surface area (Å²) in [5.74, 6) is 0. The second kappa shape index (κ2) is 4.80. The highest BCUT2D eigenvalue weighted by atomic mass is 14.9. The molecule has 0 rings (SSSR count). The van der Waals surface area contributed by atoms with E-state index in [2.05, 4.69) is 46.5 Å². The summed E-state index contributed by atoms with van der Waals surface area (Å²) >= 11 is 0. The summed E-state index contributed by atoms with van der Waals surface area (Å²) in [4.78, 5) is 0. The Labute approximate surface area is 83.6 Å². The quantitative estimate of drug-likeness (QED) is 0.509. The Hall–Kier alpha value is -0.300. The van der Waals surface area contributed by atoms with E-state index < -0.39 is 0 Å². The smallest absolute Gasteiger partial charge is 0.0130 e. The maximum atomic E-state index is 3.71. The fourth-order valence-corrected chi connectivity index (χ4v) is 1.90. The van der Waals surface area contributed by atoms with Crippen molar-refractivity contribution in [3.8, 4) is 0 Å². The van der Waals surface area contributed by atoms with E-state index in [0.717, 1.165) is 13.0 Å². The third-order valence-corrected chi connectivity index (χ3v) is 1.92. The van der Waals surface area contributed by atoms with Gasteiger partial charge in [-0.25, -0.2) is 0 Å². The third kappa shape index (κ3) is 8.04. The molecule has 1 nitrogen and oxygen atoms in total. The molecule has 0 saturated carbocycles. The predicted octanol–water partition coefficient (Wildman–Crippen LogP) is 3.37. The lowest BCUT2D eigenvalue weighted by Gasteiger charge is -2.33. The van der Waals surface area contributed by atoms with Crippen LogP contribution in [0.1, 0.15) is 47.5 Å². The van der Waals surface area contributed by atoms with Crippen molar-refractivity contribution in [1.82, 2.24) is 5.32 Å². The van der Waals surface area contributed by atoms with Crippen molar-refractivity contribution in [1.29, 1.82) is 0 Å². The molecule has 0 aromatic heterocycles. The molecule has 0 bridgehead atoms. The van der Waals surface area contributed by atoms with Crippen molar-refractivity contribution >= 4 is 0 Å². The molecule has 0 radical (unpaired) electrons. The second-order valence-electron chi connectivity index (χ2n) is 5.63. The van der Waals surface area contributed by atoms with Gasteiger partial charge in [0, 0.05) is 5.54 Å². The minimum Gasteiger partial charge on any atom is -0.311 e. The predicted molar refractivity (Wildman–Crippen MR) is 61.0 cm³/mol. The van der Waals surface area contributed by atoms with Crippen LogP contribution in [-0.2, 0) is 0 Å². The fraction of sp³-hybridized carbons (Fsp3) is 0.833. The van der Waals surface area contributed by atoms with E-state index in [4.69, 9.17) is 0 Å². The number of hydrogen-bond donors (Lipinski definition) is 1. The molecule has 0 aromatic rings. The van der Waals surface area contributed by atoms with Gasteiger partial charge in [-0.1, -0.05) is 26.8 Å². The summed E-state index contributed by atoms with van der Waals surface area (Å²) < 4.78 is 0. The van der Waals surface area contributed by atoms with E-state index in [-0.39, 0.29) is 5.54 Å². The Balaban J connectivity index is 3.86. The van der Waals surface area contributed by atoms with Crippen LogP contribution in [0.2, 0.25) is 0 Å². The fourth-order valence-electron chi connectivity index (χ4n) is 1.90. The van der Waals surface area contributed by atoms with Gasteiger partial charge >= 0.3 is 0 Å².